The Bertz CT molecular complexity index is 3980. The number of thioether (sulfide) groups is 16. The Labute approximate surface area is 652 Å². The van der Waals surface area contributed by atoms with Crippen LogP contribution in [0.15, 0.2) is 282 Å². The summed E-state index contributed by atoms with van der Waals surface area (Å²) in [7, 11) is -7.33. The third kappa shape index (κ3) is 21.4. The Morgan fingerprint density at radius 3 is 0.604 bits per heavy atom. The highest BCUT2D eigenvalue weighted by atomic mass is 79.9. The second-order valence-electron chi connectivity index (χ2n) is 20.2. The smallest absolute Gasteiger partial charge is 1.00 e. The van der Waals surface area contributed by atoms with Gasteiger partial charge in [-0.15, -0.1) is 0 Å². The molecule has 8 aliphatic heterocycles. The Hall–Kier alpha value is -1.31. The molecule has 0 radical (unpaired) electrons. The third-order valence-electron chi connectivity index (χ3n) is 13.3. The van der Waals surface area contributed by atoms with E-state index in [0.29, 0.717) is 12.1 Å². The van der Waals surface area contributed by atoms with E-state index in [2.05, 4.69) is 183 Å². The van der Waals surface area contributed by atoms with Gasteiger partial charge in [-0.25, -0.2) is 0 Å². The fraction of sp³-hybridized carbons (Fsp3) is 0.125. The van der Waals surface area contributed by atoms with Crippen LogP contribution in [0, 0.1) is 0 Å². The van der Waals surface area contributed by atoms with Gasteiger partial charge in [-0.2, -0.15) is 0 Å². The Kier molecular flexibility index (Phi) is 30.4. The van der Waals surface area contributed by atoms with Gasteiger partial charge in [0.2, 0.25) is 0 Å². The molecule has 0 saturated heterocycles. The van der Waals surface area contributed by atoms with E-state index in [1.165, 1.54) is 123 Å². The molecule has 4 unspecified atom stereocenters. The highest BCUT2D eigenvalue weighted by molar-refractivity contribution is 8.33. The maximum Gasteiger partial charge on any atom is 1.00 e. The van der Waals surface area contributed by atoms with Gasteiger partial charge in [0.05, 0.1) is 33.9 Å². The topological polar surface area (TPSA) is 107 Å². The van der Waals surface area contributed by atoms with Crippen molar-refractivity contribution < 1.29 is 89.2 Å². The van der Waals surface area contributed by atoms with Crippen LogP contribution in [-0.2, 0) is 0 Å². The average molecular weight is 1730 g/mol. The molecule has 0 aromatic heterocycles. The van der Waals surface area contributed by atoms with E-state index in [-0.39, 0.29) is 58.3 Å². The van der Waals surface area contributed by atoms with Crippen molar-refractivity contribution in [2.45, 2.75) is 130 Å². The number of hydrogen-bond donors (Lipinski definition) is 4. The van der Waals surface area contributed by atoms with Crippen LogP contribution < -0.4 is 66.3 Å². The van der Waals surface area contributed by atoms with Gasteiger partial charge in [-0.3, -0.25) is 25.9 Å². The molecule has 4 atom stereocenters. The number of hydrogen-bond acceptors (Lipinski definition) is 18. The Morgan fingerprint density at radius 2 is 0.438 bits per heavy atom. The van der Waals surface area contributed by atoms with E-state index >= 15 is 0 Å². The number of fused-ring (bicyclic) bond motifs is 8. The van der Waals surface area contributed by atoms with E-state index in [9.17, 15) is 25.9 Å². The molecule has 8 aromatic rings. The van der Waals surface area contributed by atoms with Gasteiger partial charge < -0.3 is 66.3 Å². The SMILES string of the molecule is CC([NH3+])c1ccc2c(c1)SC(=C1Sc3ccccc3S1)S2.CC([NH3+])c1ccc2c(c1)SC(=C1Sc3ccccc3S1)S2.FB(F)F.FB(F)F.[2H+].[2H+].[2H]N([2H])C(C)c1ccc2c(c1)SC(=C1Sc3ccccc3S1)S2.[2H]N([2H])C(C)c1ccc2c(c1)SC(=C1Sc3ccccc3S1)S2.[Br-].[Br-].[F-].[F-]. The summed E-state index contributed by atoms with van der Waals surface area (Å²) >= 11 is 29.9. The summed E-state index contributed by atoms with van der Waals surface area (Å²) in [6.07, 6.45) is 0. The van der Waals surface area contributed by atoms with Crippen molar-refractivity contribution in [1.29, 1.82) is 0 Å². The molecular weight excluding hydrogens is 1670 g/mol. The molecule has 8 heterocycles. The minimum absolute atomic E-state index is 0. The number of nitrogens with two attached hydrogens (primary N) is 2. The summed E-state index contributed by atoms with van der Waals surface area (Å²) in [6, 6.07) is 60.7. The second kappa shape index (κ2) is 38.4. The van der Waals surface area contributed by atoms with Gasteiger partial charge >= 0.3 is 17.9 Å². The first-order valence-electron chi connectivity index (χ1n) is 29.7. The van der Waals surface area contributed by atoms with Crippen LogP contribution in [0.1, 0.15) is 77.0 Å². The van der Waals surface area contributed by atoms with Crippen molar-refractivity contribution in [2.24, 2.45) is 11.4 Å². The van der Waals surface area contributed by atoms with Crippen LogP contribution in [0.3, 0.4) is 0 Å². The molecule has 0 bridgehead atoms. The van der Waals surface area contributed by atoms with Crippen LogP contribution in [0.5, 0.6) is 0 Å². The normalized spacial score (nSPS) is 16.8. The molecule has 96 heavy (non-hydrogen) atoms. The zero-order chi connectivity index (χ0) is 67.9. The Morgan fingerprint density at radius 1 is 0.292 bits per heavy atom. The average Bonchev–Trinajstić information content (AvgIpc) is 1.66. The number of halogens is 10. The van der Waals surface area contributed by atoms with Gasteiger partial charge in [-0.1, -0.05) is 261 Å². The van der Waals surface area contributed by atoms with Gasteiger partial charge in [0, 0.05) is 102 Å². The highest BCUT2D eigenvalue weighted by Crippen LogP contribution is 2.65. The summed E-state index contributed by atoms with van der Waals surface area (Å²) in [6.45, 7) is 8.06. The maximum atomic E-state index is 9.67. The van der Waals surface area contributed by atoms with E-state index in [1.54, 1.807) is 0 Å². The molecule has 8 aliphatic rings. The highest BCUT2D eigenvalue weighted by Gasteiger charge is 2.32. The van der Waals surface area contributed by atoms with Crippen molar-refractivity contribution in [1.82, 2.24) is 0 Å². The van der Waals surface area contributed by atoms with Gasteiger partial charge in [0.25, 0.3) is 0 Å². The summed E-state index contributed by atoms with van der Waals surface area (Å²) in [5.41, 5.74) is 14.4. The summed E-state index contributed by atoms with van der Waals surface area (Å²) in [4.78, 5) is 21.4. The molecule has 10 N–H and O–H groups in total. The zero-order valence-electron chi connectivity index (χ0n) is 56.3. The van der Waals surface area contributed by atoms with Crippen molar-refractivity contribution in [3.63, 3.8) is 0 Å². The van der Waals surface area contributed by atoms with Gasteiger partial charge in [0.1, 0.15) is 17.7 Å². The second-order valence-corrected chi connectivity index (χ2v) is 39.1. The standard InChI is InChI=1S/4C16H13NS4.2BF3.2BrH.2FH/c4*1-9(17)10-6-7-13-14(8-10)21-16(20-13)15-18-11-4-2-3-5-12(11)19-15;2*2-1(3)4;;;;/h4*2-9H,17H2,1H3;;;4*1H/i/hD6. The van der Waals surface area contributed by atoms with Gasteiger partial charge in [0.15, 0.2) is 0 Å². The molecule has 0 saturated carbocycles. The van der Waals surface area contributed by atoms with E-state index < -0.39 is 15.1 Å². The van der Waals surface area contributed by atoms with Crippen molar-refractivity contribution in [2.75, 3.05) is 0 Å². The molecule has 32 heteroatoms. The molecular formula is C64H56B2Br2F8N4S16. The predicted molar refractivity (Wildman–Crippen MR) is 402 cm³/mol. The fourth-order valence-corrected chi connectivity index (χ4v) is 30.1. The number of benzene rings is 8. The first-order valence-corrected chi connectivity index (χ1v) is 41.0. The molecule has 0 aliphatic carbocycles. The van der Waals surface area contributed by atoms with E-state index in [4.69, 9.17) is 5.65 Å². The first-order chi connectivity index (χ1) is 46.1. The largest absolute Gasteiger partial charge is 1.00 e. The van der Waals surface area contributed by atoms with Crippen molar-refractivity contribution in [3.8, 4) is 0 Å². The first kappa shape index (κ1) is 75.8. The van der Waals surface area contributed by atoms with Crippen LogP contribution in [0.2, 0.25) is 5.65 Å². The van der Waals surface area contributed by atoms with Gasteiger partial charge in [-0.05, 0) is 136 Å². The van der Waals surface area contributed by atoms with Crippen LogP contribution in [0.4, 0.5) is 25.9 Å². The Balaban J connectivity index is 0.000000232. The molecule has 4 nitrogen and oxygen atoms in total. The monoisotopic (exact) mass is 1730 g/mol. The van der Waals surface area contributed by atoms with E-state index in [1.807, 2.05) is 214 Å². The zero-order valence-corrected chi connectivity index (χ0v) is 66.5. The third-order valence-corrected chi connectivity index (χ3v) is 35.8. The quantitative estimate of drug-likeness (QED) is 0.0936. The molecule has 16 rings (SSSR count). The van der Waals surface area contributed by atoms with Crippen LogP contribution in [0.25, 0.3) is 0 Å². The lowest BCUT2D eigenvalue weighted by molar-refractivity contribution is -0.420. The summed E-state index contributed by atoms with van der Waals surface area (Å²) in [5, 5.41) is 0. The van der Waals surface area contributed by atoms with E-state index in [0.717, 1.165) is 22.6 Å². The predicted octanol–water partition coefficient (Wildman–Crippen LogP) is 12.3. The van der Waals surface area contributed by atoms with Crippen LogP contribution in [-0.4, -0.2) is 15.1 Å². The number of quaternary nitrogens is 2. The molecule has 504 valence electrons. The lowest BCUT2D eigenvalue weighted by atomic mass is 10.1. The number of rotatable bonds is 6. The lowest BCUT2D eigenvalue weighted by Gasteiger charge is -2.06. The minimum atomic E-state index is -3.67. The minimum Gasteiger partial charge on any atom is -1.00 e. The molecule has 8 aromatic carbocycles. The summed E-state index contributed by atoms with van der Waals surface area (Å²) < 4.78 is 98.8. The maximum absolute atomic E-state index is 9.67. The molecule has 0 fully saturated rings. The fourth-order valence-electron chi connectivity index (χ4n) is 8.79. The van der Waals surface area contributed by atoms with Crippen molar-refractivity contribution >= 4 is 203 Å². The lowest BCUT2D eigenvalue weighted by Crippen LogP contribution is -3.00. The van der Waals surface area contributed by atoms with Crippen LogP contribution >= 0.6 is 188 Å². The molecule has 0 spiro atoms. The summed E-state index contributed by atoms with van der Waals surface area (Å²) in [5.74, 6) is 0. The molecule has 0 amide bonds. The van der Waals surface area contributed by atoms with Crippen molar-refractivity contribution in [3.05, 3.63) is 226 Å².